The van der Waals surface area contributed by atoms with Gasteiger partial charge in [-0.25, -0.2) is 4.79 Å². The topological polar surface area (TPSA) is 93.2 Å². The Bertz CT molecular complexity index is 667. The van der Waals surface area contributed by atoms with Crippen LogP contribution in [0.5, 0.6) is 0 Å². The van der Waals surface area contributed by atoms with E-state index in [1.807, 2.05) is 0 Å². The number of carboxylic acid groups (broad SMARTS) is 1. The van der Waals surface area contributed by atoms with Crippen molar-refractivity contribution in [3.05, 3.63) is 23.8 Å². The van der Waals surface area contributed by atoms with E-state index in [0.717, 1.165) is 18.8 Å². The summed E-state index contributed by atoms with van der Waals surface area (Å²) in [5, 5.41) is 11.9. The highest BCUT2D eigenvalue weighted by atomic mass is 16.4. The van der Waals surface area contributed by atoms with Crippen LogP contribution in [0.2, 0.25) is 0 Å². The van der Waals surface area contributed by atoms with E-state index in [4.69, 9.17) is 0 Å². The molecule has 0 bridgehead atoms. The zero-order valence-electron chi connectivity index (χ0n) is 14.8. The first-order valence-electron chi connectivity index (χ1n) is 8.10. The highest BCUT2D eigenvalue weighted by Gasteiger charge is 2.21. The van der Waals surface area contributed by atoms with Gasteiger partial charge in [-0.3, -0.25) is 14.5 Å². The molecule has 1 saturated heterocycles. The van der Waals surface area contributed by atoms with Gasteiger partial charge in [0.1, 0.15) is 0 Å². The van der Waals surface area contributed by atoms with Crippen LogP contribution >= 0.6 is 0 Å². The Morgan fingerprint density at radius 3 is 2.32 bits per heavy atom. The average molecular weight is 348 g/mol. The quantitative estimate of drug-likeness (QED) is 0.807. The highest BCUT2D eigenvalue weighted by molar-refractivity contribution is 6.00. The summed E-state index contributed by atoms with van der Waals surface area (Å²) >= 11 is 0. The summed E-state index contributed by atoms with van der Waals surface area (Å²) in [5.41, 5.74) is 1.15. The number of anilines is 2. The summed E-state index contributed by atoms with van der Waals surface area (Å²) < 4.78 is 0. The fourth-order valence-electron chi connectivity index (χ4n) is 2.70. The number of hydrogen-bond donors (Lipinski definition) is 2. The molecule has 0 aliphatic carbocycles. The van der Waals surface area contributed by atoms with Crippen molar-refractivity contribution >= 4 is 29.2 Å². The lowest BCUT2D eigenvalue weighted by molar-refractivity contribution is -0.130. The van der Waals surface area contributed by atoms with Crippen LogP contribution in [0.1, 0.15) is 17.3 Å². The number of benzene rings is 1. The minimum atomic E-state index is -1.08. The fraction of sp³-hybridized carbons (Fsp3) is 0.471. The van der Waals surface area contributed by atoms with Crippen LogP contribution in [0.4, 0.5) is 11.4 Å². The molecule has 136 valence electrons. The SMILES string of the molecule is CC(=O)Nc1ccc(N2CCN(CC(=O)N(C)C)CC2)cc1C(=O)O. The van der Waals surface area contributed by atoms with E-state index >= 15 is 0 Å². The number of hydrogen-bond acceptors (Lipinski definition) is 5. The van der Waals surface area contributed by atoms with Gasteiger partial charge in [-0.15, -0.1) is 0 Å². The third-order valence-corrected chi connectivity index (χ3v) is 4.14. The van der Waals surface area contributed by atoms with Gasteiger partial charge < -0.3 is 20.2 Å². The molecule has 25 heavy (non-hydrogen) atoms. The second-order valence-electron chi connectivity index (χ2n) is 6.27. The summed E-state index contributed by atoms with van der Waals surface area (Å²) in [4.78, 5) is 40.2. The lowest BCUT2D eigenvalue weighted by atomic mass is 10.1. The van der Waals surface area contributed by atoms with Crippen LogP contribution in [0.25, 0.3) is 0 Å². The predicted molar refractivity (Wildman–Crippen MR) is 95.1 cm³/mol. The third-order valence-electron chi connectivity index (χ3n) is 4.14. The van der Waals surface area contributed by atoms with E-state index in [1.165, 1.54) is 6.92 Å². The van der Waals surface area contributed by atoms with Gasteiger partial charge in [0.25, 0.3) is 0 Å². The average Bonchev–Trinajstić information content (AvgIpc) is 2.55. The molecular formula is C17H24N4O4. The van der Waals surface area contributed by atoms with E-state index < -0.39 is 5.97 Å². The second-order valence-corrected chi connectivity index (χ2v) is 6.27. The van der Waals surface area contributed by atoms with Crippen LogP contribution in [-0.2, 0) is 9.59 Å². The third kappa shape index (κ3) is 4.93. The molecule has 2 N–H and O–H groups in total. The predicted octanol–water partition coefficient (Wildman–Crippen LogP) is 0.553. The number of rotatable bonds is 5. The van der Waals surface area contributed by atoms with Gasteiger partial charge in [-0.1, -0.05) is 0 Å². The van der Waals surface area contributed by atoms with Crippen LogP contribution < -0.4 is 10.2 Å². The van der Waals surface area contributed by atoms with E-state index in [-0.39, 0.29) is 17.4 Å². The molecule has 2 amide bonds. The fourth-order valence-corrected chi connectivity index (χ4v) is 2.70. The lowest BCUT2D eigenvalue weighted by Crippen LogP contribution is -2.49. The van der Waals surface area contributed by atoms with Crippen molar-refractivity contribution in [1.29, 1.82) is 0 Å². The maximum atomic E-state index is 11.8. The molecule has 1 aliphatic heterocycles. The Balaban J connectivity index is 2.05. The Morgan fingerprint density at radius 2 is 1.80 bits per heavy atom. The molecule has 0 radical (unpaired) electrons. The number of carbonyl (C=O) groups is 3. The van der Waals surface area contributed by atoms with Gasteiger partial charge in [0, 0.05) is 52.9 Å². The first-order valence-corrected chi connectivity index (χ1v) is 8.10. The smallest absolute Gasteiger partial charge is 0.337 e. The molecule has 1 aliphatic rings. The molecule has 0 spiro atoms. The Morgan fingerprint density at radius 1 is 1.16 bits per heavy atom. The lowest BCUT2D eigenvalue weighted by Gasteiger charge is -2.36. The van der Waals surface area contributed by atoms with Crippen LogP contribution in [0.15, 0.2) is 18.2 Å². The molecular weight excluding hydrogens is 324 g/mol. The Kier molecular flexibility index (Phi) is 5.97. The van der Waals surface area contributed by atoms with Crippen molar-refractivity contribution in [2.45, 2.75) is 6.92 Å². The standard InChI is InChI=1S/C17H24N4O4/c1-12(22)18-15-5-4-13(10-14(15)17(24)25)21-8-6-20(7-9-21)11-16(23)19(2)3/h4-5,10H,6-9,11H2,1-3H3,(H,18,22)(H,24,25). The van der Waals surface area contributed by atoms with Crippen LogP contribution in [0, 0.1) is 0 Å². The molecule has 8 heteroatoms. The van der Waals surface area contributed by atoms with Crippen molar-refractivity contribution in [2.75, 3.05) is 57.0 Å². The Labute approximate surface area is 147 Å². The number of piperazine rings is 1. The normalized spacial score (nSPS) is 14.9. The maximum Gasteiger partial charge on any atom is 0.337 e. The van der Waals surface area contributed by atoms with Gasteiger partial charge in [-0.05, 0) is 18.2 Å². The van der Waals surface area contributed by atoms with Crippen molar-refractivity contribution in [2.24, 2.45) is 0 Å². The molecule has 1 heterocycles. The summed E-state index contributed by atoms with van der Waals surface area (Å²) in [6, 6.07) is 4.99. The number of aromatic carboxylic acids is 1. The molecule has 1 fully saturated rings. The van der Waals surface area contributed by atoms with Crippen LogP contribution in [0.3, 0.4) is 0 Å². The van der Waals surface area contributed by atoms with Gasteiger partial charge in [0.15, 0.2) is 0 Å². The molecule has 8 nitrogen and oxygen atoms in total. The number of likely N-dealkylation sites (N-methyl/N-ethyl adjacent to an activating group) is 1. The molecule has 2 rings (SSSR count). The number of amides is 2. The molecule has 0 atom stereocenters. The van der Waals surface area contributed by atoms with Crippen molar-refractivity contribution < 1.29 is 19.5 Å². The van der Waals surface area contributed by atoms with Crippen molar-refractivity contribution in [1.82, 2.24) is 9.80 Å². The maximum absolute atomic E-state index is 11.8. The number of carbonyl (C=O) groups excluding carboxylic acids is 2. The summed E-state index contributed by atoms with van der Waals surface area (Å²) in [6.07, 6.45) is 0. The highest BCUT2D eigenvalue weighted by Crippen LogP contribution is 2.24. The number of nitrogens with one attached hydrogen (secondary N) is 1. The van der Waals surface area contributed by atoms with E-state index in [9.17, 15) is 19.5 Å². The molecule has 0 unspecified atom stereocenters. The first kappa shape index (κ1) is 18.7. The van der Waals surface area contributed by atoms with Crippen molar-refractivity contribution in [3.63, 3.8) is 0 Å². The Hall–Kier alpha value is -2.61. The first-order chi connectivity index (χ1) is 11.8. The largest absolute Gasteiger partial charge is 0.478 e. The van der Waals surface area contributed by atoms with E-state index in [0.29, 0.717) is 25.3 Å². The monoisotopic (exact) mass is 348 g/mol. The van der Waals surface area contributed by atoms with Gasteiger partial charge >= 0.3 is 5.97 Å². The second kappa shape index (κ2) is 7.98. The minimum Gasteiger partial charge on any atom is -0.478 e. The zero-order valence-corrected chi connectivity index (χ0v) is 14.8. The molecule has 1 aromatic rings. The van der Waals surface area contributed by atoms with E-state index in [2.05, 4.69) is 15.1 Å². The van der Waals surface area contributed by atoms with Gasteiger partial charge in [0.2, 0.25) is 11.8 Å². The minimum absolute atomic E-state index is 0.0675. The van der Waals surface area contributed by atoms with Crippen LogP contribution in [-0.4, -0.2) is 79.5 Å². The number of carboxylic acids is 1. The molecule has 1 aromatic carbocycles. The molecule has 0 saturated carbocycles. The zero-order chi connectivity index (χ0) is 18.6. The summed E-state index contributed by atoms with van der Waals surface area (Å²) in [6.45, 7) is 4.61. The number of nitrogens with zero attached hydrogens (tertiary/aromatic N) is 3. The van der Waals surface area contributed by atoms with E-state index in [1.54, 1.807) is 37.2 Å². The molecule has 0 aromatic heterocycles. The summed E-state index contributed by atoms with van der Waals surface area (Å²) in [7, 11) is 3.48. The van der Waals surface area contributed by atoms with Gasteiger partial charge in [0.05, 0.1) is 17.8 Å². The van der Waals surface area contributed by atoms with Crippen molar-refractivity contribution in [3.8, 4) is 0 Å². The summed E-state index contributed by atoms with van der Waals surface area (Å²) in [5.74, 6) is -1.32. The van der Waals surface area contributed by atoms with Gasteiger partial charge in [-0.2, -0.15) is 0 Å².